The first-order valence-electron chi connectivity index (χ1n) is 7.26. The number of halogens is 1. The van der Waals surface area contributed by atoms with Crippen LogP contribution in [0.2, 0.25) is 5.02 Å². The predicted octanol–water partition coefficient (Wildman–Crippen LogP) is 2.56. The molecule has 0 saturated heterocycles. The molecule has 26 heavy (non-hydrogen) atoms. The van der Waals surface area contributed by atoms with Crippen LogP contribution in [0.3, 0.4) is 0 Å². The van der Waals surface area contributed by atoms with Crippen molar-refractivity contribution in [3.8, 4) is 23.0 Å². The van der Waals surface area contributed by atoms with E-state index in [4.69, 9.17) is 25.8 Å². The van der Waals surface area contributed by atoms with Gasteiger partial charge in [-0.1, -0.05) is 11.6 Å². The molecule has 0 unspecified atom stereocenters. The molecular formula is C17H16ClNO7. The molecule has 0 aliphatic rings. The van der Waals surface area contributed by atoms with E-state index in [9.17, 15) is 19.8 Å². The summed E-state index contributed by atoms with van der Waals surface area (Å²) in [5.41, 5.74) is 0.0903. The van der Waals surface area contributed by atoms with Crippen molar-refractivity contribution < 1.29 is 34.0 Å². The molecule has 2 aromatic rings. The van der Waals surface area contributed by atoms with Gasteiger partial charge in [0.2, 0.25) is 0 Å². The van der Waals surface area contributed by atoms with E-state index in [-0.39, 0.29) is 22.0 Å². The molecule has 0 fully saturated rings. The molecule has 0 heterocycles. The van der Waals surface area contributed by atoms with Crippen molar-refractivity contribution in [3.05, 3.63) is 40.9 Å². The van der Waals surface area contributed by atoms with E-state index < -0.39 is 24.2 Å². The molecule has 2 rings (SSSR count). The number of hydrogen-bond acceptors (Lipinski definition) is 7. The van der Waals surface area contributed by atoms with Crippen LogP contribution in [0.1, 0.15) is 10.4 Å². The summed E-state index contributed by atoms with van der Waals surface area (Å²) in [6.07, 6.45) is 0. The summed E-state index contributed by atoms with van der Waals surface area (Å²) in [4.78, 5) is 23.9. The molecule has 0 spiro atoms. The summed E-state index contributed by atoms with van der Waals surface area (Å²) in [6, 6.07) is 6.31. The maximum absolute atomic E-state index is 12.0. The molecule has 0 aromatic heterocycles. The third kappa shape index (κ3) is 4.48. The smallest absolute Gasteiger partial charge is 0.342 e. The lowest BCUT2D eigenvalue weighted by Gasteiger charge is -2.13. The highest BCUT2D eigenvalue weighted by Crippen LogP contribution is 2.35. The first-order chi connectivity index (χ1) is 12.3. The van der Waals surface area contributed by atoms with Crippen LogP contribution in [0.25, 0.3) is 0 Å². The average Bonchev–Trinajstić information content (AvgIpc) is 2.60. The zero-order valence-electron chi connectivity index (χ0n) is 13.9. The summed E-state index contributed by atoms with van der Waals surface area (Å²) in [5.74, 6) is -1.55. The van der Waals surface area contributed by atoms with Crippen LogP contribution < -0.4 is 14.8 Å². The van der Waals surface area contributed by atoms with Crippen LogP contribution in [-0.2, 0) is 9.53 Å². The quantitative estimate of drug-likeness (QED) is 0.659. The molecule has 0 bridgehead atoms. The zero-order valence-corrected chi connectivity index (χ0v) is 14.7. The summed E-state index contributed by atoms with van der Waals surface area (Å²) in [5, 5.41) is 21.6. The largest absolute Gasteiger partial charge is 0.508 e. The Kier molecular flexibility index (Phi) is 6.13. The van der Waals surface area contributed by atoms with Crippen LogP contribution in [0.4, 0.5) is 5.69 Å². The number of nitrogens with one attached hydrogen (secondary N) is 1. The molecule has 138 valence electrons. The number of amides is 1. The minimum absolute atomic E-state index is 0.180. The molecule has 8 nitrogen and oxygen atoms in total. The van der Waals surface area contributed by atoms with Gasteiger partial charge in [-0.05, 0) is 18.2 Å². The fourth-order valence-electron chi connectivity index (χ4n) is 2.05. The Hall–Kier alpha value is -3.13. The first kappa shape index (κ1) is 19.2. The second-order valence-electron chi connectivity index (χ2n) is 5.01. The number of benzene rings is 2. The number of esters is 1. The van der Waals surface area contributed by atoms with Crippen LogP contribution in [0.5, 0.6) is 23.0 Å². The Morgan fingerprint density at radius 2 is 1.77 bits per heavy atom. The normalized spacial score (nSPS) is 10.1. The van der Waals surface area contributed by atoms with Crippen molar-refractivity contribution >= 4 is 29.2 Å². The van der Waals surface area contributed by atoms with Crippen molar-refractivity contribution in [1.29, 1.82) is 0 Å². The van der Waals surface area contributed by atoms with Crippen LogP contribution in [0.15, 0.2) is 30.3 Å². The molecule has 9 heteroatoms. The Morgan fingerprint density at radius 1 is 1.08 bits per heavy atom. The highest BCUT2D eigenvalue weighted by Gasteiger charge is 2.17. The third-order valence-corrected chi connectivity index (χ3v) is 3.58. The fraction of sp³-hybridized carbons (Fsp3) is 0.176. The van der Waals surface area contributed by atoms with Gasteiger partial charge >= 0.3 is 5.97 Å². The fourth-order valence-corrected chi connectivity index (χ4v) is 2.29. The number of anilines is 1. The predicted molar refractivity (Wildman–Crippen MR) is 93.2 cm³/mol. The maximum Gasteiger partial charge on any atom is 0.342 e. The van der Waals surface area contributed by atoms with Crippen molar-refractivity contribution in [2.24, 2.45) is 0 Å². The Morgan fingerprint density at radius 3 is 2.38 bits per heavy atom. The molecule has 0 saturated carbocycles. The Bertz CT molecular complexity index is 838. The third-order valence-electron chi connectivity index (χ3n) is 3.28. The summed E-state index contributed by atoms with van der Waals surface area (Å²) in [6.45, 7) is -0.605. The zero-order chi connectivity index (χ0) is 19.3. The van der Waals surface area contributed by atoms with Crippen molar-refractivity contribution in [1.82, 2.24) is 0 Å². The van der Waals surface area contributed by atoms with Gasteiger partial charge in [0, 0.05) is 12.1 Å². The van der Waals surface area contributed by atoms with Gasteiger partial charge in [0.15, 0.2) is 6.61 Å². The monoisotopic (exact) mass is 381 g/mol. The summed E-state index contributed by atoms with van der Waals surface area (Å²) < 4.78 is 15.0. The van der Waals surface area contributed by atoms with Gasteiger partial charge < -0.3 is 29.7 Å². The number of carbonyl (C=O) groups excluding carboxylic acids is 2. The molecule has 0 aliphatic carbocycles. The van der Waals surface area contributed by atoms with E-state index >= 15 is 0 Å². The molecule has 0 atom stereocenters. The Labute approximate surface area is 153 Å². The SMILES string of the molecule is COc1cc(OC)c(NC(=O)COC(=O)c2ccc(O)cc2O)cc1Cl. The van der Waals surface area contributed by atoms with E-state index in [1.54, 1.807) is 0 Å². The van der Waals surface area contributed by atoms with Gasteiger partial charge in [-0.15, -0.1) is 0 Å². The number of ether oxygens (including phenoxy) is 3. The van der Waals surface area contributed by atoms with E-state index in [0.717, 1.165) is 6.07 Å². The van der Waals surface area contributed by atoms with Crippen LogP contribution >= 0.6 is 11.6 Å². The number of carbonyl (C=O) groups is 2. The van der Waals surface area contributed by atoms with E-state index in [1.807, 2.05) is 0 Å². The standard InChI is InChI=1S/C17H16ClNO7/c1-24-14-7-15(25-2)12(6-11(14)18)19-16(22)8-26-17(23)10-4-3-9(20)5-13(10)21/h3-7,20-21H,8H2,1-2H3,(H,19,22). The highest BCUT2D eigenvalue weighted by molar-refractivity contribution is 6.32. The number of rotatable bonds is 6. The number of phenolic OH excluding ortho intramolecular Hbond substituents is 2. The minimum atomic E-state index is -0.919. The van der Waals surface area contributed by atoms with Gasteiger partial charge in [-0.3, -0.25) is 4.79 Å². The summed E-state index contributed by atoms with van der Waals surface area (Å²) >= 11 is 6.01. The van der Waals surface area contributed by atoms with Crippen molar-refractivity contribution in [2.45, 2.75) is 0 Å². The minimum Gasteiger partial charge on any atom is -0.508 e. The second-order valence-corrected chi connectivity index (χ2v) is 5.42. The lowest BCUT2D eigenvalue weighted by atomic mass is 10.2. The van der Waals surface area contributed by atoms with Gasteiger partial charge in [0.05, 0.1) is 24.9 Å². The van der Waals surface area contributed by atoms with Crippen LogP contribution in [-0.4, -0.2) is 42.9 Å². The number of phenols is 2. The van der Waals surface area contributed by atoms with Gasteiger partial charge in [0.1, 0.15) is 28.6 Å². The van der Waals surface area contributed by atoms with E-state index in [2.05, 4.69) is 5.32 Å². The second kappa shape index (κ2) is 8.30. The topological polar surface area (TPSA) is 114 Å². The van der Waals surface area contributed by atoms with Gasteiger partial charge in [-0.2, -0.15) is 0 Å². The molecule has 2 aromatic carbocycles. The molecule has 1 amide bonds. The number of hydrogen-bond donors (Lipinski definition) is 3. The lowest BCUT2D eigenvalue weighted by molar-refractivity contribution is -0.119. The lowest BCUT2D eigenvalue weighted by Crippen LogP contribution is -2.21. The number of aromatic hydroxyl groups is 2. The average molecular weight is 382 g/mol. The van der Waals surface area contributed by atoms with Gasteiger partial charge in [-0.25, -0.2) is 4.79 Å². The van der Waals surface area contributed by atoms with Crippen LogP contribution in [0, 0.1) is 0 Å². The molecule has 3 N–H and O–H groups in total. The van der Waals surface area contributed by atoms with Crippen molar-refractivity contribution in [3.63, 3.8) is 0 Å². The van der Waals surface area contributed by atoms with Gasteiger partial charge in [0.25, 0.3) is 5.91 Å². The number of methoxy groups -OCH3 is 2. The Balaban J connectivity index is 2.03. The van der Waals surface area contributed by atoms with E-state index in [1.165, 1.54) is 38.5 Å². The summed E-state index contributed by atoms with van der Waals surface area (Å²) in [7, 11) is 2.85. The highest BCUT2D eigenvalue weighted by atomic mass is 35.5. The molecule has 0 radical (unpaired) electrons. The first-order valence-corrected chi connectivity index (χ1v) is 7.64. The molecule has 0 aliphatic heterocycles. The van der Waals surface area contributed by atoms with Crippen molar-refractivity contribution in [2.75, 3.05) is 26.1 Å². The maximum atomic E-state index is 12.0. The van der Waals surface area contributed by atoms with E-state index in [0.29, 0.717) is 11.5 Å². The molecular weight excluding hydrogens is 366 g/mol.